The first kappa shape index (κ1) is 15.6. The van der Waals surface area contributed by atoms with Crippen molar-refractivity contribution in [3.05, 3.63) is 34.9 Å². The van der Waals surface area contributed by atoms with E-state index < -0.39 is 0 Å². The van der Waals surface area contributed by atoms with Gasteiger partial charge in [0.05, 0.1) is 6.61 Å². The summed E-state index contributed by atoms with van der Waals surface area (Å²) in [5, 5.41) is 11.8. The maximum atomic E-state index is 12.2. The molecule has 1 aliphatic carbocycles. The average molecular weight is 285 g/mol. The molecule has 21 heavy (non-hydrogen) atoms. The van der Waals surface area contributed by atoms with Crippen molar-refractivity contribution < 1.29 is 9.90 Å². The fraction of sp³-hybridized carbons (Fsp3) is 0.500. The average Bonchev–Trinajstić information content (AvgIpc) is 3.19. The maximum absolute atomic E-state index is 12.2. The number of amides is 1. The molecule has 1 aromatic rings. The monoisotopic (exact) mass is 285 g/mol. The van der Waals surface area contributed by atoms with Crippen molar-refractivity contribution in [2.24, 2.45) is 5.92 Å². The van der Waals surface area contributed by atoms with Crippen LogP contribution >= 0.6 is 0 Å². The third-order valence-corrected chi connectivity index (χ3v) is 3.85. The first-order chi connectivity index (χ1) is 10.2. The molecule has 0 heterocycles. The number of hydrogen-bond acceptors (Lipinski definition) is 2. The van der Waals surface area contributed by atoms with Gasteiger partial charge in [0.2, 0.25) is 0 Å². The number of aliphatic hydroxyl groups excluding tert-OH is 1. The molecule has 2 rings (SSSR count). The van der Waals surface area contributed by atoms with Gasteiger partial charge in [-0.15, -0.1) is 0 Å². The molecule has 1 amide bonds. The number of aryl methyl sites for hydroxylation is 1. The second-order valence-corrected chi connectivity index (χ2v) is 5.67. The lowest BCUT2D eigenvalue weighted by atomic mass is 10.0. The Hall–Kier alpha value is -1.79. The van der Waals surface area contributed by atoms with Crippen LogP contribution in [0.2, 0.25) is 0 Å². The zero-order valence-electron chi connectivity index (χ0n) is 12.8. The first-order valence-corrected chi connectivity index (χ1v) is 7.67. The van der Waals surface area contributed by atoms with Gasteiger partial charge in [-0.1, -0.05) is 25.2 Å². The van der Waals surface area contributed by atoms with Gasteiger partial charge >= 0.3 is 0 Å². The lowest BCUT2D eigenvalue weighted by Gasteiger charge is -2.06. The van der Waals surface area contributed by atoms with Gasteiger partial charge in [0, 0.05) is 23.6 Å². The molecule has 2 atom stereocenters. The summed E-state index contributed by atoms with van der Waals surface area (Å²) in [5.41, 5.74) is 2.60. The standard InChI is InChI=1S/C18H23NO2/c1-3-6-15-12-17(15)19-18(21)16-9-8-14(13(2)11-16)7-4-5-10-20/h8-9,11,15,17,20H,3,5-6,10,12H2,1-2H3,(H,19,21). The highest BCUT2D eigenvalue weighted by molar-refractivity contribution is 5.95. The van der Waals surface area contributed by atoms with Gasteiger partial charge < -0.3 is 10.4 Å². The summed E-state index contributed by atoms with van der Waals surface area (Å²) >= 11 is 0. The Labute approximate surface area is 126 Å². The van der Waals surface area contributed by atoms with Crippen LogP contribution in [0.1, 0.15) is 54.1 Å². The Bertz CT molecular complexity index is 568. The summed E-state index contributed by atoms with van der Waals surface area (Å²) < 4.78 is 0. The molecule has 1 aromatic carbocycles. The van der Waals surface area contributed by atoms with Gasteiger partial charge in [-0.05, 0) is 49.4 Å². The lowest BCUT2D eigenvalue weighted by Crippen LogP contribution is -2.26. The van der Waals surface area contributed by atoms with E-state index in [4.69, 9.17) is 5.11 Å². The van der Waals surface area contributed by atoms with E-state index in [1.165, 1.54) is 12.8 Å². The van der Waals surface area contributed by atoms with Crippen LogP contribution in [-0.2, 0) is 0 Å². The summed E-state index contributed by atoms with van der Waals surface area (Å²) in [6.45, 7) is 4.21. The van der Waals surface area contributed by atoms with Crippen molar-refractivity contribution in [1.82, 2.24) is 5.32 Å². The number of carbonyl (C=O) groups is 1. The number of hydrogen-bond donors (Lipinski definition) is 2. The van der Waals surface area contributed by atoms with Crippen molar-refractivity contribution >= 4 is 5.91 Å². The molecule has 112 valence electrons. The third kappa shape index (κ3) is 4.34. The number of benzene rings is 1. The lowest BCUT2D eigenvalue weighted by molar-refractivity contribution is 0.0948. The van der Waals surface area contributed by atoms with Crippen LogP contribution in [0.15, 0.2) is 18.2 Å². The molecule has 3 nitrogen and oxygen atoms in total. The fourth-order valence-corrected chi connectivity index (χ4v) is 2.52. The Morgan fingerprint density at radius 2 is 2.29 bits per heavy atom. The van der Waals surface area contributed by atoms with E-state index in [1.54, 1.807) is 0 Å². The van der Waals surface area contributed by atoms with Gasteiger partial charge in [-0.25, -0.2) is 0 Å². The normalized spacial score (nSPS) is 19.6. The van der Waals surface area contributed by atoms with Gasteiger partial charge in [0.25, 0.3) is 5.91 Å². The minimum absolute atomic E-state index is 0.0107. The van der Waals surface area contributed by atoms with E-state index in [1.807, 2.05) is 25.1 Å². The molecule has 0 aromatic heterocycles. The van der Waals surface area contributed by atoms with Crippen molar-refractivity contribution in [3.63, 3.8) is 0 Å². The summed E-state index contributed by atoms with van der Waals surface area (Å²) in [7, 11) is 0. The molecular formula is C18H23NO2. The Balaban J connectivity index is 1.97. The predicted octanol–water partition coefficient (Wildman–Crippen LogP) is 2.65. The van der Waals surface area contributed by atoms with Crippen LogP contribution in [0, 0.1) is 24.7 Å². The number of rotatable bonds is 5. The molecular weight excluding hydrogens is 262 g/mol. The van der Waals surface area contributed by atoms with E-state index in [-0.39, 0.29) is 12.5 Å². The van der Waals surface area contributed by atoms with E-state index in [0.717, 1.165) is 17.5 Å². The smallest absolute Gasteiger partial charge is 0.251 e. The highest BCUT2D eigenvalue weighted by atomic mass is 16.2. The quantitative estimate of drug-likeness (QED) is 0.817. The van der Waals surface area contributed by atoms with Gasteiger partial charge in [-0.2, -0.15) is 0 Å². The zero-order chi connectivity index (χ0) is 15.2. The summed E-state index contributed by atoms with van der Waals surface area (Å²) in [5.74, 6) is 6.60. The Morgan fingerprint density at radius 3 is 2.95 bits per heavy atom. The second kappa shape index (κ2) is 7.28. The molecule has 0 radical (unpaired) electrons. The Morgan fingerprint density at radius 1 is 1.48 bits per heavy atom. The van der Waals surface area contributed by atoms with Crippen LogP contribution < -0.4 is 5.32 Å². The van der Waals surface area contributed by atoms with Crippen LogP contribution in [0.5, 0.6) is 0 Å². The van der Waals surface area contributed by atoms with Crippen LogP contribution in [0.3, 0.4) is 0 Å². The Kier molecular flexibility index (Phi) is 5.41. The highest BCUT2D eigenvalue weighted by Crippen LogP contribution is 2.34. The van der Waals surface area contributed by atoms with Crippen LogP contribution in [0.4, 0.5) is 0 Å². The minimum atomic E-state index is 0.0107. The topological polar surface area (TPSA) is 49.3 Å². The summed E-state index contributed by atoms with van der Waals surface area (Å²) in [4.78, 5) is 12.2. The number of carbonyl (C=O) groups excluding carboxylic acids is 1. The molecule has 2 N–H and O–H groups in total. The summed E-state index contributed by atoms with van der Waals surface area (Å²) in [6, 6.07) is 5.95. The second-order valence-electron chi connectivity index (χ2n) is 5.67. The molecule has 0 saturated heterocycles. The molecule has 3 heteroatoms. The van der Waals surface area contributed by atoms with Crippen molar-refractivity contribution in [2.45, 2.75) is 45.6 Å². The molecule has 0 bridgehead atoms. The number of nitrogens with one attached hydrogen (secondary N) is 1. The maximum Gasteiger partial charge on any atom is 0.251 e. The van der Waals surface area contributed by atoms with Crippen molar-refractivity contribution in [2.75, 3.05) is 6.61 Å². The summed E-state index contributed by atoms with van der Waals surface area (Å²) in [6.07, 6.45) is 3.96. The van der Waals surface area contributed by atoms with Crippen LogP contribution in [0.25, 0.3) is 0 Å². The fourth-order valence-electron chi connectivity index (χ4n) is 2.52. The largest absolute Gasteiger partial charge is 0.395 e. The van der Waals surface area contributed by atoms with E-state index in [0.29, 0.717) is 23.9 Å². The zero-order valence-corrected chi connectivity index (χ0v) is 12.8. The van der Waals surface area contributed by atoms with Gasteiger partial charge in [-0.3, -0.25) is 4.79 Å². The molecule has 2 unspecified atom stereocenters. The highest BCUT2D eigenvalue weighted by Gasteiger charge is 2.37. The number of aliphatic hydroxyl groups is 1. The minimum Gasteiger partial charge on any atom is -0.395 e. The van der Waals surface area contributed by atoms with E-state index >= 15 is 0 Å². The molecule has 1 fully saturated rings. The predicted molar refractivity (Wildman–Crippen MR) is 84.0 cm³/mol. The molecule has 1 saturated carbocycles. The van der Waals surface area contributed by atoms with Gasteiger partial charge in [0.1, 0.15) is 0 Å². The first-order valence-electron chi connectivity index (χ1n) is 7.67. The van der Waals surface area contributed by atoms with E-state index in [9.17, 15) is 4.79 Å². The third-order valence-electron chi connectivity index (χ3n) is 3.85. The molecule has 0 spiro atoms. The molecule has 1 aliphatic rings. The van der Waals surface area contributed by atoms with Crippen LogP contribution in [-0.4, -0.2) is 23.7 Å². The van der Waals surface area contributed by atoms with Gasteiger partial charge in [0.15, 0.2) is 0 Å². The molecule has 0 aliphatic heterocycles. The van der Waals surface area contributed by atoms with E-state index in [2.05, 4.69) is 24.1 Å². The van der Waals surface area contributed by atoms with Crippen molar-refractivity contribution in [3.8, 4) is 11.8 Å². The SMILES string of the molecule is CCCC1CC1NC(=O)c1ccc(C#CCCO)c(C)c1. The van der Waals surface area contributed by atoms with Crippen molar-refractivity contribution in [1.29, 1.82) is 0 Å².